The van der Waals surface area contributed by atoms with Crippen LogP contribution in [0, 0.1) is 12.7 Å². The van der Waals surface area contributed by atoms with E-state index in [1.165, 1.54) is 16.7 Å². The number of rotatable bonds is 5. The molecule has 1 heterocycles. The summed E-state index contributed by atoms with van der Waals surface area (Å²) in [6, 6.07) is 6.15. The normalized spacial score (nSPS) is 10.9. The average molecular weight is 315 g/mol. The Labute approximate surface area is 133 Å². The molecule has 5 nitrogen and oxygen atoms in total. The van der Waals surface area contributed by atoms with Crippen LogP contribution >= 0.6 is 0 Å². The van der Waals surface area contributed by atoms with Gasteiger partial charge in [0, 0.05) is 18.8 Å². The SMILES string of the molecule is CCCn1ccc(NC(=O)/C=C/c2ccc(F)c(C)c2)nc1=O. The first-order chi connectivity index (χ1) is 11.0. The van der Waals surface area contributed by atoms with Gasteiger partial charge < -0.3 is 5.32 Å². The summed E-state index contributed by atoms with van der Waals surface area (Å²) in [5.41, 5.74) is 0.821. The van der Waals surface area contributed by atoms with Crippen molar-refractivity contribution >= 4 is 17.8 Å². The van der Waals surface area contributed by atoms with Crippen molar-refractivity contribution in [1.29, 1.82) is 0 Å². The minimum absolute atomic E-state index is 0.201. The number of hydrogen-bond acceptors (Lipinski definition) is 3. The van der Waals surface area contributed by atoms with Crippen LogP contribution in [0.1, 0.15) is 24.5 Å². The molecule has 0 fully saturated rings. The lowest BCUT2D eigenvalue weighted by atomic mass is 10.1. The molecule has 0 saturated carbocycles. The molecule has 0 atom stereocenters. The lowest BCUT2D eigenvalue weighted by molar-refractivity contribution is -0.111. The fourth-order valence-electron chi connectivity index (χ4n) is 2.02. The van der Waals surface area contributed by atoms with Crippen molar-refractivity contribution in [2.45, 2.75) is 26.8 Å². The smallest absolute Gasteiger partial charge is 0.307 e. The van der Waals surface area contributed by atoms with Crippen molar-refractivity contribution in [3.05, 3.63) is 64.0 Å². The van der Waals surface area contributed by atoms with Crippen LogP contribution in [0.4, 0.5) is 10.2 Å². The third-order valence-electron chi connectivity index (χ3n) is 3.20. The highest BCUT2D eigenvalue weighted by Gasteiger charge is 2.03. The van der Waals surface area contributed by atoms with Gasteiger partial charge in [0.1, 0.15) is 11.6 Å². The van der Waals surface area contributed by atoms with E-state index in [4.69, 9.17) is 0 Å². The maximum Gasteiger partial charge on any atom is 0.349 e. The number of amides is 1. The van der Waals surface area contributed by atoms with E-state index in [1.807, 2.05) is 6.92 Å². The van der Waals surface area contributed by atoms with Gasteiger partial charge in [-0.3, -0.25) is 9.36 Å². The molecule has 1 N–H and O–H groups in total. The van der Waals surface area contributed by atoms with Crippen LogP contribution in [-0.4, -0.2) is 15.5 Å². The standard InChI is InChI=1S/C17H18FN3O2/c1-3-9-21-10-8-15(20-17(21)23)19-16(22)7-5-13-4-6-14(18)12(2)11-13/h4-8,10-11H,3,9H2,1-2H3,(H,19,20,22,23)/b7-5+. The molecule has 1 amide bonds. The number of carbonyl (C=O) groups is 1. The Morgan fingerprint density at radius 2 is 2.17 bits per heavy atom. The second-order valence-electron chi connectivity index (χ2n) is 5.12. The van der Waals surface area contributed by atoms with E-state index in [1.54, 1.807) is 37.4 Å². The summed E-state index contributed by atoms with van der Waals surface area (Å²) in [7, 11) is 0. The summed E-state index contributed by atoms with van der Waals surface area (Å²) in [6.45, 7) is 4.20. The first kappa shape index (κ1) is 16.6. The second-order valence-corrected chi connectivity index (χ2v) is 5.12. The van der Waals surface area contributed by atoms with E-state index in [0.717, 1.165) is 6.42 Å². The van der Waals surface area contributed by atoms with Gasteiger partial charge in [0.15, 0.2) is 0 Å². The zero-order valence-corrected chi connectivity index (χ0v) is 13.0. The highest BCUT2D eigenvalue weighted by atomic mass is 19.1. The summed E-state index contributed by atoms with van der Waals surface area (Å²) < 4.78 is 14.6. The van der Waals surface area contributed by atoms with E-state index in [9.17, 15) is 14.0 Å². The predicted molar refractivity (Wildman–Crippen MR) is 87.6 cm³/mol. The first-order valence-electron chi connectivity index (χ1n) is 7.32. The van der Waals surface area contributed by atoms with Crippen LogP contribution in [0.2, 0.25) is 0 Å². The molecule has 0 aliphatic carbocycles. The van der Waals surface area contributed by atoms with Crippen molar-refractivity contribution in [3.8, 4) is 0 Å². The van der Waals surface area contributed by atoms with Crippen molar-refractivity contribution in [3.63, 3.8) is 0 Å². The fraction of sp³-hybridized carbons (Fsp3) is 0.235. The van der Waals surface area contributed by atoms with E-state index < -0.39 is 11.6 Å². The van der Waals surface area contributed by atoms with E-state index in [2.05, 4.69) is 10.3 Å². The van der Waals surface area contributed by atoms with Crippen molar-refractivity contribution < 1.29 is 9.18 Å². The molecule has 2 aromatic rings. The Balaban J connectivity index is 2.04. The van der Waals surface area contributed by atoms with Gasteiger partial charge in [-0.25, -0.2) is 9.18 Å². The van der Waals surface area contributed by atoms with Gasteiger partial charge in [-0.2, -0.15) is 4.98 Å². The number of aryl methyl sites for hydroxylation is 2. The molecule has 6 heteroatoms. The van der Waals surface area contributed by atoms with Crippen LogP contribution in [-0.2, 0) is 11.3 Å². The Morgan fingerprint density at radius 3 is 2.83 bits per heavy atom. The monoisotopic (exact) mass is 315 g/mol. The summed E-state index contributed by atoms with van der Waals surface area (Å²) in [4.78, 5) is 27.4. The highest BCUT2D eigenvalue weighted by molar-refractivity contribution is 6.01. The molecule has 1 aromatic carbocycles. The molecule has 0 saturated heterocycles. The van der Waals surface area contributed by atoms with E-state index >= 15 is 0 Å². The number of benzene rings is 1. The quantitative estimate of drug-likeness (QED) is 0.863. The van der Waals surface area contributed by atoms with Crippen LogP contribution in [0.15, 0.2) is 41.3 Å². The Kier molecular flexibility index (Phi) is 5.41. The Morgan fingerprint density at radius 1 is 1.39 bits per heavy atom. The molecule has 120 valence electrons. The van der Waals surface area contributed by atoms with Gasteiger partial charge in [-0.15, -0.1) is 0 Å². The maximum absolute atomic E-state index is 13.2. The summed E-state index contributed by atoms with van der Waals surface area (Å²) in [5.74, 6) is -0.497. The van der Waals surface area contributed by atoms with Gasteiger partial charge in [0.2, 0.25) is 5.91 Å². The van der Waals surface area contributed by atoms with Crippen molar-refractivity contribution in [2.24, 2.45) is 0 Å². The number of carbonyl (C=O) groups excluding carboxylic acids is 1. The minimum Gasteiger partial charge on any atom is -0.307 e. The summed E-state index contributed by atoms with van der Waals surface area (Å²) in [6.07, 6.45) is 5.31. The molecule has 0 spiro atoms. The number of nitrogens with one attached hydrogen (secondary N) is 1. The maximum atomic E-state index is 13.2. The van der Waals surface area contributed by atoms with Crippen LogP contribution in [0.3, 0.4) is 0 Å². The molecule has 0 aliphatic rings. The van der Waals surface area contributed by atoms with Gasteiger partial charge in [-0.1, -0.05) is 13.0 Å². The lowest BCUT2D eigenvalue weighted by Crippen LogP contribution is -2.24. The molecule has 1 aromatic heterocycles. The molecular weight excluding hydrogens is 297 g/mol. The van der Waals surface area contributed by atoms with Crippen molar-refractivity contribution in [1.82, 2.24) is 9.55 Å². The van der Waals surface area contributed by atoms with Gasteiger partial charge in [0.05, 0.1) is 0 Å². The van der Waals surface area contributed by atoms with Gasteiger partial charge in [0.25, 0.3) is 0 Å². The fourth-order valence-corrected chi connectivity index (χ4v) is 2.02. The van der Waals surface area contributed by atoms with E-state index in [0.29, 0.717) is 17.7 Å². The lowest BCUT2D eigenvalue weighted by Gasteiger charge is -2.04. The van der Waals surface area contributed by atoms with Crippen LogP contribution in [0.5, 0.6) is 0 Å². The number of anilines is 1. The van der Waals surface area contributed by atoms with Gasteiger partial charge >= 0.3 is 5.69 Å². The molecule has 0 bridgehead atoms. The molecular formula is C17H18FN3O2. The van der Waals surface area contributed by atoms with Gasteiger partial charge in [-0.05, 0) is 48.7 Å². The molecule has 2 rings (SSSR count). The molecule has 23 heavy (non-hydrogen) atoms. The van der Waals surface area contributed by atoms with Crippen LogP contribution < -0.4 is 11.0 Å². The summed E-state index contributed by atoms with van der Waals surface area (Å²) >= 11 is 0. The number of aromatic nitrogens is 2. The van der Waals surface area contributed by atoms with Crippen molar-refractivity contribution in [2.75, 3.05) is 5.32 Å². The number of hydrogen-bond donors (Lipinski definition) is 1. The van der Waals surface area contributed by atoms with E-state index in [-0.39, 0.29) is 11.6 Å². The Bertz CT molecular complexity index is 797. The molecule has 0 radical (unpaired) electrons. The third-order valence-corrected chi connectivity index (χ3v) is 3.20. The summed E-state index contributed by atoms with van der Waals surface area (Å²) in [5, 5.41) is 2.52. The predicted octanol–water partition coefficient (Wildman–Crippen LogP) is 2.75. The molecule has 0 aliphatic heterocycles. The zero-order chi connectivity index (χ0) is 16.8. The topological polar surface area (TPSA) is 64.0 Å². The average Bonchev–Trinajstić information content (AvgIpc) is 2.51. The number of halogens is 1. The van der Waals surface area contributed by atoms with Crippen LogP contribution in [0.25, 0.3) is 6.08 Å². The first-order valence-corrected chi connectivity index (χ1v) is 7.32. The minimum atomic E-state index is -0.410. The zero-order valence-electron chi connectivity index (χ0n) is 13.0. The molecule has 0 unspecified atom stereocenters. The largest absolute Gasteiger partial charge is 0.349 e. The highest BCUT2D eigenvalue weighted by Crippen LogP contribution is 2.10. The second kappa shape index (κ2) is 7.49. The Hall–Kier alpha value is -2.76. The number of nitrogens with zero attached hydrogens (tertiary/aromatic N) is 2. The third kappa shape index (κ3) is 4.60.